The summed E-state index contributed by atoms with van der Waals surface area (Å²) in [6.07, 6.45) is 4.17. The molecule has 1 unspecified atom stereocenters. The lowest BCUT2D eigenvalue weighted by molar-refractivity contribution is -0.142. The van der Waals surface area contributed by atoms with Crippen molar-refractivity contribution in [1.82, 2.24) is 9.78 Å². The maximum Gasteiger partial charge on any atom is 0.328 e. The Hall–Kier alpha value is -1.32. The van der Waals surface area contributed by atoms with Gasteiger partial charge in [-0.2, -0.15) is 5.10 Å². The van der Waals surface area contributed by atoms with Crippen molar-refractivity contribution >= 4 is 5.97 Å². The van der Waals surface area contributed by atoms with Crippen LogP contribution in [0.25, 0.3) is 0 Å². The lowest BCUT2D eigenvalue weighted by atomic mass is 10.1. The van der Waals surface area contributed by atoms with Gasteiger partial charge in [-0.3, -0.25) is 4.68 Å². The molecule has 1 aromatic rings. The Balaban J connectivity index is 2.21. The molecule has 2 rings (SSSR count). The number of hydrogen-bond acceptors (Lipinski definition) is 2. The van der Waals surface area contributed by atoms with Gasteiger partial charge in [0.05, 0.1) is 5.69 Å². The fourth-order valence-electron chi connectivity index (χ4n) is 1.81. The highest BCUT2D eigenvalue weighted by Gasteiger charge is 2.29. The molecule has 82 valence electrons. The number of carboxylic acid groups (broad SMARTS) is 1. The molecule has 0 amide bonds. The Morgan fingerprint density at radius 1 is 1.60 bits per heavy atom. The second kappa shape index (κ2) is 3.68. The molecule has 1 fully saturated rings. The summed E-state index contributed by atoms with van der Waals surface area (Å²) in [5.41, 5.74) is 1.04. The molecule has 1 aliphatic carbocycles. The number of hydrogen-bond donors (Lipinski definition) is 1. The molecule has 1 aliphatic rings. The highest BCUT2D eigenvalue weighted by atomic mass is 16.4. The number of nitrogens with zero attached hydrogens (tertiary/aromatic N) is 2. The van der Waals surface area contributed by atoms with Crippen LogP contribution in [0.4, 0.5) is 0 Å². The average Bonchev–Trinajstić information content (AvgIpc) is 2.87. The number of rotatable bonds is 4. The Morgan fingerprint density at radius 3 is 2.73 bits per heavy atom. The molecular formula is C11H16N2O2. The van der Waals surface area contributed by atoms with Gasteiger partial charge in [-0.05, 0) is 24.8 Å². The molecule has 1 heterocycles. The zero-order valence-corrected chi connectivity index (χ0v) is 9.05. The first-order valence-electron chi connectivity index (χ1n) is 5.37. The SMILES string of the molecule is CC(C)C(C(=O)O)n1ccc(C2CC2)n1. The van der Waals surface area contributed by atoms with Crippen molar-refractivity contribution in [2.24, 2.45) is 5.92 Å². The van der Waals surface area contributed by atoms with Crippen LogP contribution in [0.5, 0.6) is 0 Å². The summed E-state index contributed by atoms with van der Waals surface area (Å²) in [4.78, 5) is 11.1. The first-order valence-corrected chi connectivity index (χ1v) is 5.37. The maximum atomic E-state index is 11.1. The minimum Gasteiger partial charge on any atom is -0.480 e. The topological polar surface area (TPSA) is 55.1 Å². The first-order chi connectivity index (χ1) is 7.09. The van der Waals surface area contributed by atoms with Crippen LogP contribution in [0.3, 0.4) is 0 Å². The number of aliphatic carboxylic acids is 1. The molecule has 0 bridgehead atoms. The van der Waals surface area contributed by atoms with E-state index >= 15 is 0 Å². The zero-order valence-electron chi connectivity index (χ0n) is 9.05. The molecule has 1 aromatic heterocycles. The van der Waals surface area contributed by atoms with E-state index in [-0.39, 0.29) is 5.92 Å². The van der Waals surface area contributed by atoms with E-state index in [2.05, 4.69) is 5.10 Å². The third-order valence-corrected chi connectivity index (χ3v) is 2.79. The average molecular weight is 208 g/mol. The third-order valence-electron chi connectivity index (χ3n) is 2.79. The van der Waals surface area contributed by atoms with Crippen LogP contribution in [-0.4, -0.2) is 20.9 Å². The van der Waals surface area contributed by atoms with Gasteiger partial charge in [0.1, 0.15) is 0 Å². The second-order valence-electron chi connectivity index (χ2n) is 4.52. The Labute approximate surface area is 88.9 Å². The molecular weight excluding hydrogens is 192 g/mol. The summed E-state index contributed by atoms with van der Waals surface area (Å²) in [7, 11) is 0. The van der Waals surface area contributed by atoms with E-state index in [0.29, 0.717) is 5.92 Å². The number of carbonyl (C=O) groups is 1. The van der Waals surface area contributed by atoms with Crippen LogP contribution in [0.1, 0.15) is 44.3 Å². The Bertz CT molecular complexity index is 366. The first kappa shape index (κ1) is 10.2. The molecule has 1 N–H and O–H groups in total. The van der Waals surface area contributed by atoms with Crippen molar-refractivity contribution in [3.8, 4) is 0 Å². The van der Waals surface area contributed by atoms with Crippen molar-refractivity contribution < 1.29 is 9.90 Å². The number of carboxylic acids is 1. The normalized spacial score (nSPS) is 18.1. The molecule has 0 aliphatic heterocycles. The van der Waals surface area contributed by atoms with Gasteiger partial charge in [-0.15, -0.1) is 0 Å². The minimum atomic E-state index is -0.810. The monoisotopic (exact) mass is 208 g/mol. The van der Waals surface area contributed by atoms with Gasteiger partial charge in [-0.25, -0.2) is 4.79 Å². The van der Waals surface area contributed by atoms with Crippen molar-refractivity contribution in [2.45, 2.75) is 38.6 Å². The fraction of sp³-hybridized carbons (Fsp3) is 0.636. The minimum absolute atomic E-state index is 0.0504. The van der Waals surface area contributed by atoms with Gasteiger partial charge in [-0.1, -0.05) is 13.8 Å². The molecule has 1 saturated carbocycles. The highest BCUT2D eigenvalue weighted by molar-refractivity contribution is 5.72. The van der Waals surface area contributed by atoms with Crippen LogP contribution in [0, 0.1) is 5.92 Å². The van der Waals surface area contributed by atoms with E-state index in [0.717, 1.165) is 5.69 Å². The quantitative estimate of drug-likeness (QED) is 0.823. The predicted octanol–water partition coefficient (Wildman–Crippen LogP) is 2.04. The van der Waals surface area contributed by atoms with E-state index in [1.54, 1.807) is 10.9 Å². The van der Waals surface area contributed by atoms with Gasteiger partial charge >= 0.3 is 5.97 Å². The van der Waals surface area contributed by atoms with E-state index in [9.17, 15) is 4.79 Å². The molecule has 1 atom stereocenters. The maximum absolute atomic E-state index is 11.1. The van der Waals surface area contributed by atoms with Gasteiger partial charge < -0.3 is 5.11 Å². The summed E-state index contributed by atoms with van der Waals surface area (Å²) < 4.78 is 1.58. The van der Waals surface area contributed by atoms with Crippen LogP contribution < -0.4 is 0 Å². The lowest BCUT2D eigenvalue weighted by Crippen LogP contribution is -2.24. The fourth-order valence-corrected chi connectivity index (χ4v) is 1.81. The molecule has 15 heavy (non-hydrogen) atoms. The van der Waals surface area contributed by atoms with E-state index in [1.807, 2.05) is 19.9 Å². The second-order valence-corrected chi connectivity index (χ2v) is 4.52. The molecule has 0 spiro atoms. The summed E-state index contributed by atoms with van der Waals surface area (Å²) in [5, 5.41) is 13.5. The summed E-state index contributed by atoms with van der Waals surface area (Å²) >= 11 is 0. The van der Waals surface area contributed by atoms with Crippen molar-refractivity contribution in [2.75, 3.05) is 0 Å². The smallest absolute Gasteiger partial charge is 0.328 e. The zero-order chi connectivity index (χ0) is 11.0. The van der Waals surface area contributed by atoms with Crippen LogP contribution in [0.15, 0.2) is 12.3 Å². The molecule has 0 radical (unpaired) electrons. The summed E-state index contributed by atoms with van der Waals surface area (Å²) in [6.45, 7) is 3.80. The van der Waals surface area contributed by atoms with Crippen LogP contribution in [-0.2, 0) is 4.79 Å². The molecule has 4 nitrogen and oxygen atoms in total. The largest absolute Gasteiger partial charge is 0.480 e. The van der Waals surface area contributed by atoms with Gasteiger partial charge in [0, 0.05) is 12.1 Å². The molecule has 0 aromatic carbocycles. The van der Waals surface area contributed by atoms with E-state index in [4.69, 9.17) is 5.11 Å². The van der Waals surface area contributed by atoms with Crippen molar-refractivity contribution in [1.29, 1.82) is 0 Å². The van der Waals surface area contributed by atoms with Gasteiger partial charge in [0.2, 0.25) is 0 Å². The third kappa shape index (κ3) is 2.03. The van der Waals surface area contributed by atoms with E-state index < -0.39 is 12.0 Å². The summed E-state index contributed by atoms with van der Waals surface area (Å²) in [5.74, 6) is -0.183. The Kier molecular flexibility index (Phi) is 2.50. The standard InChI is InChI=1S/C11H16N2O2/c1-7(2)10(11(14)15)13-6-5-9(12-13)8-3-4-8/h5-8,10H,3-4H2,1-2H3,(H,14,15). The molecule has 0 saturated heterocycles. The molecule has 4 heteroatoms. The summed E-state index contributed by atoms with van der Waals surface area (Å²) in [6, 6.07) is 1.40. The Morgan fingerprint density at radius 2 is 2.27 bits per heavy atom. The van der Waals surface area contributed by atoms with Gasteiger partial charge in [0.15, 0.2) is 6.04 Å². The number of aromatic nitrogens is 2. The van der Waals surface area contributed by atoms with Crippen molar-refractivity contribution in [3.63, 3.8) is 0 Å². The van der Waals surface area contributed by atoms with Gasteiger partial charge in [0.25, 0.3) is 0 Å². The lowest BCUT2D eigenvalue weighted by Gasteiger charge is -2.16. The van der Waals surface area contributed by atoms with Crippen LogP contribution in [0.2, 0.25) is 0 Å². The highest BCUT2D eigenvalue weighted by Crippen LogP contribution is 2.39. The van der Waals surface area contributed by atoms with Crippen LogP contribution >= 0.6 is 0 Å². The van der Waals surface area contributed by atoms with E-state index in [1.165, 1.54) is 12.8 Å². The van der Waals surface area contributed by atoms with Crippen molar-refractivity contribution in [3.05, 3.63) is 18.0 Å². The predicted molar refractivity (Wildman–Crippen MR) is 55.7 cm³/mol.